The first-order chi connectivity index (χ1) is 17.9. The van der Waals surface area contributed by atoms with Crippen molar-refractivity contribution in [1.29, 1.82) is 0 Å². The van der Waals surface area contributed by atoms with Gasteiger partial charge in [0.2, 0.25) is 0 Å². The van der Waals surface area contributed by atoms with Gasteiger partial charge in [-0.1, -0.05) is 12.0 Å². The molecule has 0 aliphatic rings. The number of nitrogens with zero attached hydrogens (tertiary/aromatic N) is 2. The molecular formula is C25H16F5IN4O2S. The van der Waals surface area contributed by atoms with E-state index in [9.17, 15) is 26.7 Å². The highest BCUT2D eigenvalue weighted by atomic mass is 127. The van der Waals surface area contributed by atoms with Crippen LogP contribution in [0.1, 0.15) is 27.0 Å². The number of nitrogens with two attached hydrogens (primary N) is 1. The van der Waals surface area contributed by atoms with Crippen LogP contribution in [0.5, 0.6) is 11.5 Å². The Kier molecular flexibility index (Phi) is 7.75. The standard InChI is InChI=1S/C25H16F5IN4O2S/c1-12-3-4-16(26)11-19(12)37-22-18(9-13(5-6-38-31)21-20(22)23(32)34-35(21)2)33-24(36)14-7-15(25(28,29)30)10-17(27)8-14/h3-4,7-11H,1-2H3,(H2,32,34)(H,33,36). The quantitative estimate of drug-likeness (QED) is 0.138. The Morgan fingerprint density at radius 1 is 1.16 bits per heavy atom. The first-order valence-electron chi connectivity index (χ1n) is 10.6. The molecule has 0 fully saturated rings. The number of benzene rings is 3. The highest BCUT2D eigenvalue weighted by Crippen LogP contribution is 2.43. The van der Waals surface area contributed by atoms with Gasteiger partial charge in [-0.3, -0.25) is 9.48 Å². The van der Waals surface area contributed by atoms with Crippen LogP contribution in [0.4, 0.5) is 33.5 Å². The number of nitrogen functional groups attached to an aromatic ring is 1. The van der Waals surface area contributed by atoms with Gasteiger partial charge < -0.3 is 15.8 Å². The Bertz CT molecular complexity index is 1640. The molecule has 38 heavy (non-hydrogen) atoms. The molecule has 6 nitrogen and oxygen atoms in total. The number of rotatable bonds is 4. The summed E-state index contributed by atoms with van der Waals surface area (Å²) in [6.45, 7) is 1.67. The van der Waals surface area contributed by atoms with Gasteiger partial charge in [0, 0.05) is 39.9 Å². The summed E-state index contributed by atoms with van der Waals surface area (Å²) < 4.78 is 75.1. The number of carbonyl (C=O) groups excluding carboxylic acids is 1. The fourth-order valence-electron chi connectivity index (χ4n) is 3.73. The molecule has 0 atom stereocenters. The highest BCUT2D eigenvalue weighted by Gasteiger charge is 2.32. The lowest BCUT2D eigenvalue weighted by Crippen LogP contribution is -2.15. The summed E-state index contributed by atoms with van der Waals surface area (Å²) in [5.41, 5.74) is 5.56. The van der Waals surface area contributed by atoms with Gasteiger partial charge in [0.05, 0.1) is 27.7 Å². The van der Waals surface area contributed by atoms with E-state index in [2.05, 4.69) is 21.6 Å². The van der Waals surface area contributed by atoms with E-state index < -0.39 is 34.8 Å². The van der Waals surface area contributed by atoms with Gasteiger partial charge >= 0.3 is 6.18 Å². The summed E-state index contributed by atoms with van der Waals surface area (Å²) in [5, 5.41) is 9.72. The minimum absolute atomic E-state index is 0.00190. The second-order valence-electron chi connectivity index (χ2n) is 8.03. The molecule has 3 aromatic carbocycles. The number of aromatic nitrogens is 2. The van der Waals surface area contributed by atoms with Gasteiger partial charge in [0.15, 0.2) is 11.6 Å². The van der Waals surface area contributed by atoms with Gasteiger partial charge in [-0.2, -0.15) is 18.3 Å². The van der Waals surface area contributed by atoms with Crippen molar-refractivity contribution in [3.8, 4) is 22.7 Å². The average molecular weight is 658 g/mol. The van der Waals surface area contributed by atoms with Crippen LogP contribution in [0.2, 0.25) is 0 Å². The van der Waals surface area contributed by atoms with E-state index in [1.165, 1.54) is 31.8 Å². The van der Waals surface area contributed by atoms with Crippen molar-refractivity contribution in [2.45, 2.75) is 13.1 Å². The molecule has 1 heterocycles. The molecule has 0 bridgehead atoms. The van der Waals surface area contributed by atoms with Crippen molar-refractivity contribution in [2.75, 3.05) is 11.1 Å². The maximum atomic E-state index is 14.0. The minimum Gasteiger partial charge on any atom is -0.454 e. The van der Waals surface area contributed by atoms with E-state index in [1.54, 1.807) is 14.0 Å². The second-order valence-corrected chi connectivity index (χ2v) is 9.71. The largest absolute Gasteiger partial charge is 0.454 e. The lowest BCUT2D eigenvalue weighted by Gasteiger charge is -2.17. The topological polar surface area (TPSA) is 82.2 Å². The summed E-state index contributed by atoms with van der Waals surface area (Å²) in [4.78, 5) is 13.1. The number of hydrogen-bond donors (Lipinski definition) is 2. The van der Waals surface area contributed by atoms with Crippen molar-refractivity contribution in [1.82, 2.24) is 9.78 Å². The lowest BCUT2D eigenvalue weighted by atomic mass is 10.1. The predicted octanol–water partition coefficient (Wildman–Crippen LogP) is 7.20. The summed E-state index contributed by atoms with van der Waals surface area (Å²) >= 11 is 1.97. The van der Waals surface area contributed by atoms with Crippen LogP contribution < -0.4 is 15.8 Å². The third-order valence-corrected chi connectivity index (χ3v) is 6.25. The van der Waals surface area contributed by atoms with Crippen LogP contribution in [0.3, 0.4) is 0 Å². The third-order valence-electron chi connectivity index (χ3n) is 5.41. The summed E-state index contributed by atoms with van der Waals surface area (Å²) in [6, 6.07) is 6.76. The van der Waals surface area contributed by atoms with Crippen molar-refractivity contribution >= 4 is 58.5 Å². The molecule has 1 aromatic heterocycles. The van der Waals surface area contributed by atoms with E-state index in [0.717, 1.165) is 6.07 Å². The van der Waals surface area contributed by atoms with E-state index in [-0.39, 0.29) is 34.5 Å². The van der Waals surface area contributed by atoms with Gasteiger partial charge in [0.1, 0.15) is 17.4 Å². The van der Waals surface area contributed by atoms with Crippen molar-refractivity contribution in [3.05, 3.63) is 76.4 Å². The molecule has 13 heteroatoms. The molecule has 0 aliphatic carbocycles. The Morgan fingerprint density at radius 3 is 2.58 bits per heavy atom. The number of amides is 1. The SMILES string of the molecule is Cc1ccc(F)cc1Oc1c(NC(=O)c2cc(F)cc(C(F)(F)F)c2)cc(C#CSI)c2c1c(N)nn2C. The van der Waals surface area contributed by atoms with Crippen LogP contribution in [0.15, 0.2) is 42.5 Å². The molecule has 4 rings (SSSR count). The van der Waals surface area contributed by atoms with Crippen molar-refractivity contribution in [3.63, 3.8) is 0 Å². The summed E-state index contributed by atoms with van der Waals surface area (Å²) in [7, 11) is 2.80. The molecular weight excluding hydrogens is 642 g/mol. The number of ether oxygens (including phenoxy) is 1. The van der Waals surface area contributed by atoms with Gasteiger partial charge in [-0.05, 0) is 57.0 Å². The first kappa shape index (κ1) is 27.5. The van der Waals surface area contributed by atoms with Gasteiger partial charge in [-0.15, -0.1) is 0 Å². The van der Waals surface area contributed by atoms with E-state index >= 15 is 0 Å². The zero-order valence-corrected chi connectivity index (χ0v) is 22.5. The number of nitrogens with one attached hydrogen (secondary N) is 1. The highest BCUT2D eigenvalue weighted by molar-refractivity contribution is 14.2. The van der Waals surface area contributed by atoms with Gasteiger partial charge in [-0.25, -0.2) is 8.78 Å². The molecule has 3 N–H and O–H groups in total. The zero-order valence-electron chi connectivity index (χ0n) is 19.5. The number of alkyl halides is 3. The maximum absolute atomic E-state index is 14.0. The van der Waals surface area contributed by atoms with Crippen LogP contribution in [-0.4, -0.2) is 15.7 Å². The monoisotopic (exact) mass is 658 g/mol. The number of aryl methyl sites for hydroxylation is 2. The molecule has 0 saturated heterocycles. The molecule has 1 amide bonds. The smallest absolute Gasteiger partial charge is 0.416 e. The molecule has 0 spiro atoms. The van der Waals surface area contributed by atoms with Crippen LogP contribution in [0, 0.1) is 29.7 Å². The molecule has 4 aromatic rings. The van der Waals surface area contributed by atoms with E-state index in [4.69, 9.17) is 10.5 Å². The molecule has 0 aliphatic heterocycles. The number of hydrogen-bond acceptors (Lipinski definition) is 5. The number of fused-ring (bicyclic) bond motifs is 1. The number of halogens is 6. The molecule has 0 radical (unpaired) electrons. The first-order valence-corrected chi connectivity index (χ1v) is 14.0. The minimum atomic E-state index is -4.87. The lowest BCUT2D eigenvalue weighted by molar-refractivity contribution is -0.137. The molecule has 196 valence electrons. The van der Waals surface area contributed by atoms with Crippen LogP contribution >= 0.6 is 30.1 Å². The summed E-state index contributed by atoms with van der Waals surface area (Å²) in [5.74, 6) is 0.0649. The maximum Gasteiger partial charge on any atom is 0.416 e. The van der Waals surface area contributed by atoms with Gasteiger partial charge in [0.25, 0.3) is 5.91 Å². The number of carbonyl (C=O) groups is 1. The Balaban J connectivity index is 1.93. The van der Waals surface area contributed by atoms with Crippen LogP contribution in [-0.2, 0) is 13.2 Å². The second kappa shape index (κ2) is 10.7. The Morgan fingerprint density at radius 2 is 1.89 bits per heavy atom. The van der Waals surface area contributed by atoms with E-state index in [1.807, 2.05) is 21.2 Å². The molecule has 0 saturated carbocycles. The summed E-state index contributed by atoms with van der Waals surface area (Å²) in [6.07, 6.45) is -4.87. The Labute approximate surface area is 229 Å². The van der Waals surface area contributed by atoms with Crippen LogP contribution in [0.25, 0.3) is 10.9 Å². The third kappa shape index (κ3) is 5.65. The van der Waals surface area contributed by atoms with Crippen molar-refractivity contribution in [2.24, 2.45) is 7.05 Å². The normalized spacial score (nSPS) is 11.3. The molecule has 0 unspecified atom stereocenters. The Hall–Kier alpha value is -3.51. The average Bonchev–Trinajstić information content (AvgIpc) is 3.14. The fourth-order valence-corrected chi connectivity index (χ4v) is 4.21. The zero-order chi connectivity index (χ0) is 27.8. The predicted molar refractivity (Wildman–Crippen MR) is 144 cm³/mol. The number of anilines is 2. The van der Waals surface area contributed by atoms with Crippen molar-refractivity contribution < 1.29 is 31.5 Å². The fraction of sp³-hybridized carbons (Fsp3) is 0.120. The van der Waals surface area contributed by atoms with E-state index in [0.29, 0.717) is 28.8 Å².